The predicted molar refractivity (Wildman–Crippen MR) is 163 cm³/mol. The van der Waals surface area contributed by atoms with Crippen LogP contribution in [0, 0.1) is 0 Å². The Labute approximate surface area is 249 Å². The van der Waals surface area contributed by atoms with Gasteiger partial charge in [0.1, 0.15) is 10.6 Å². The molecule has 4 aromatic rings. The maximum absolute atomic E-state index is 13.3. The highest BCUT2D eigenvalue weighted by Crippen LogP contribution is 2.55. The number of hydrogen-bond acceptors (Lipinski definition) is 8. The molecule has 0 saturated heterocycles. The maximum Gasteiger partial charge on any atom is 0.263 e. The van der Waals surface area contributed by atoms with Gasteiger partial charge in [0.05, 0.1) is 34.4 Å². The standard InChI is InChI=1S/C30H31ClN6O4S/c1-36(2)10-5-11-41-28-25(35-42(39,40)22-14-21(31)16-32-17-22)13-20(15-34-28)19-6-7-24-23(12-19)27-26(18-33-24)37(3)29(38)30(27)8-4-9-30/h6-7,12-18,35H,4-5,8-11H2,1-3H3. The van der Waals surface area contributed by atoms with Gasteiger partial charge in [-0.3, -0.25) is 19.5 Å². The van der Waals surface area contributed by atoms with Crippen LogP contribution in [0.15, 0.2) is 60.0 Å². The van der Waals surface area contributed by atoms with Gasteiger partial charge in [0.15, 0.2) is 0 Å². The van der Waals surface area contributed by atoms with Crippen LogP contribution in [0.5, 0.6) is 5.88 Å². The summed E-state index contributed by atoms with van der Waals surface area (Å²) >= 11 is 6.02. The van der Waals surface area contributed by atoms with Crippen LogP contribution in [-0.2, 0) is 20.2 Å². The fourth-order valence-electron chi connectivity index (χ4n) is 5.74. The van der Waals surface area contributed by atoms with Gasteiger partial charge in [-0.25, -0.2) is 13.4 Å². The van der Waals surface area contributed by atoms with Crippen LogP contribution < -0.4 is 14.4 Å². The van der Waals surface area contributed by atoms with Crippen molar-refractivity contribution in [3.8, 4) is 17.0 Å². The molecule has 4 heterocycles. The summed E-state index contributed by atoms with van der Waals surface area (Å²) < 4.78 is 35.2. The van der Waals surface area contributed by atoms with E-state index >= 15 is 0 Å². The highest BCUT2D eigenvalue weighted by atomic mass is 35.5. The molecule has 1 N–H and O–H groups in total. The molecule has 1 saturated carbocycles. The second-order valence-electron chi connectivity index (χ2n) is 11.1. The van der Waals surface area contributed by atoms with Crippen LogP contribution in [0.3, 0.4) is 0 Å². The molecule has 1 aliphatic heterocycles. The van der Waals surface area contributed by atoms with Crippen molar-refractivity contribution in [1.29, 1.82) is 0 Å². The SMILES string of the molecule is CN(C)CCCOc1ncc(-c2ccc3ncc4c(c3c2)C2(CCC2)C(=O)N4C)cc1NS(=O)(=O)c1cncc(Cl)c1. The average Bonchev–Trinajstić information content (AvgIpc) is 3.18. The van der Waals surface area contributed by atoms with Gasteiger partial charge >= 0.3 is 0 Å². The number of aromatic nitrogens is 3. The second kappa shape index (κ2) is 10.8. The molecule has 2 aliphatic rings. The molecule has 1 fully saturated rings. The molecular weight excluding hydrogens is 576 g/mol. The molecule has 1 amide bonds. The zero-order valence-corrected chi connectivity index (χ0v) is 25.2. The Bertz CT molecular complexity index is 1810. The Balaban J connectivity index is 1.41. The predicted octanol–water partition coefficient (Wildman–Crippen LogP) is 4.87. The molecular formula is C30H31ClN6O4S. The number of nitrogens with zero attached hydrogens (tertiary/aromatic N) is 5. The van der Waals surface area contributed by atoms with Gasteiger partial charge in [0.2, 0.25) is 11.8 Å². The zero-order chi connectivity index (χ0) is 29.6. The third-order valence-electron chi connectivity index (χ3n) is 8.02. The van der Waals surface area contributed by atoms with Gasteiger partial charge < -0.3 is 14.5 Å². The lowest BCUT2D eigenvalue weighted by atomic mass is 9.64. The first-order valence-electron chi connectivity index (χ1n) is 13.7. The maximum atomic E-state index is 13.3. The Morgan fingerprint density at radius 3 is 2.60 bits per heavy atom. The Hall–Kier alpha value is -3.80. The average molecular weight is 607 g/mol. The van der Waals surface area contributed by atoms with Crippen LogP contribution >= 0.6 is 11.6 Å². The summed E-state index contributed by atoms with van der Waals surface area (Å²) in [6, 6.07) is 8.90. The largest absolute Gasteiger partial charge is 0.476 e. The first-order chi connectivity index (χ1) is 20.1. The van der Waals surface area contributed by atoms with E-state index < -0.39 is 15.4 Å². The molecule has 12 heteroatoms. The van der Waals surface area contributed by atoms with Crippen molar-refractivity contribution in [3.63, 3.8) is 0 Å². The first kappa shape index (κ1) is 28.3. The highest BCUT2D eigenvalue weighted by molar-refractivity contribution is 7.92. The van der Waals surface area contributed by atoms with E-state index in [-0.39, 0.29) is 27.4 Å². The normalized spacial score (nSPS) is 15.7. The van der Waals surface area contributed by atoms with Gasteiger partial charge in [-0.05, 0) is 63.2 Å². The van der Waals surface area contributed by atoms with Crippen molar-refractivity contribution in [2.24, 2.45) is 0 Å². The summed E-state index contributed by atoms with van der Waals surface area (Å²) in [5, 5.41) is 1.12. The number of benzene rings is 1. The monoisotopic (exact) mass is 606 g/mol. The summed E-state index contributed by atoms with van der Waals surface area (Å²) in [4.78, 5) is 30.0. The van der Waals surface area contributed by atoms with E-state index in [1.807, 2.05) is 37.2 Å². The number of sulfonamides is 1. The summed E-state index contributed by atoms with van der Waals surface area (Å²) in [7, 11) is 1.71. The number of halogens is 1. The third-order valence-corrected chi connectivity index (χ3v) is 9.56. The number of ether oxygens (including phenoxy) is 1. The molecule has 1 spiro atoms. The summed E-state index contributed by atoms with van der Waals surface area (Å²) in [6.45, 7) is 1.16. The number of fused-ring (bicyclic) bond motifs is 4. The number of likely N-dealkylation sites (N-methyl/N-ethyl adjacent to an activating group) is 1. The highest BCUT2D eigenvalue weighted by Gasteiger charge is 2.54. The van der Waals surface area contributed by atoms with Crippen molar-refractivity contribution in [2.45, 2.75) is 36.0 Å². The number of carbonyl (C=O) groups is 1. The Morgan fingerprint density at radius 2 is 1.88 bits per heavy atom. The lowest BCUT2D eigenvalue weighted by Crippen LogP contribution is -2.43. The molecule has 1 aromatic carbocycles. The van der Waals surface area contributed by atoms with Gasteiger partial charge in [-0.1, -0.05) is 24.1 Å². The minimum absolute atomic E-state index is 0.0779. The van der Waals surface area contributed by atoms with Crippen LogP contribution in [-0.4, -0.2) is 68.5 Å². The fraction of sp³-hybridized carbons (Fsp3) is 0.333. The van der Waals surface area contributed by atoms with Crippen LogP contribution in [0.25, 0.3) is 22.0 Å². The molecule has 6 rings (SSSR count). The van der Waals surface area contributed by atoms with Crippen LogP contribution in [0.4, 0.5) is 11.4 Å². The van der Waals surface area contributed by atoms with Crippen molar-refractivity contribution < 1.29 is 17.9 Å². The molecule has 0 radical (unpaired) electrons. The smallest absolute Gasteiger partial charge is 0.263 e. The zero-order valence-electron chi connectivity index (χ0n) is 23.6. The molecule has 218 valence electrons. The van der Waals surface area contributed by atoms with Crippen LogP contribution in [0.1, 0.15) is 31.2 Å². The van der Waals surface area contributed by atoms with Crippen molar-refractivity contribution in [1.82, 2.24) is 19.9 Å². The van der Waals surface area contributed by atoms with E-state index in [0.717, 1.165) is 59.9 Å². The number of pyridine rings is 3. The summed E-state index contributed by atoms with van der Waals surface area (Å²) in [5.74, 6) is 0.285. The van der Waals surface area contributed by atoms with Gasteiger partial charge in [0.25, 0.3) is 10.0 Å². The van der Waals surface area contributed by atoms with Gasteiger partial charge in [-0.15, -0.1) is 0 Å². The fourth-order valence-corrected chi connectivity index (χ4v) is 7.02. The molecule has 0 unspecified atom stereocenters. The third kappa shape index (κ3) is 4.95. The van der Waals surface area contributed by atoms with Crippen molar-refractivity contribution in [3.05, 3.63) is 65.7 Å². The number of nitrogens with one attached hydrogen (secondary N) is 1. The molecule has 3 aromatic heterocycles. The lowest BCUT2D eigenvalue weighted by Gasteiger charge is -2.37. The number of anilines is 2. The first-order valence-corrected chi connectivity index (χ1v) is 15.6. The minimum atomic E-state index is -4.05. The van der Waals surface area contributed by atoms with Gasteiger partial charge in [0, 0.05) is 48.7 Å². The minimum Gasteiger partial charge on any atom is -0.476 e. The van der Waals surface area contributed by atoms with Crippen molar-refractivity contribution >= 4 is 49.8 Å². The number of amides is 1. The second-order valence-corrected chi connectivity index (χ2v) is 13.2. The molecule has 42 heavy (non-hydrogen) atoms. The van der Waals surface area contributed by atoms with E-state index in [2.05, 4.69) is 19.7 Å². The molecule has 10 nitrogen and oxygen atoms in total. The quantitative estimate of drug-likeness (QED) is 0.268. The van der Waals surface area contributed by atoms with Gasteiger partial charge in [-0.2, -0.15) is 0 Å². The Kier molecular flexibility index (Phi) is 7.28. The van der Waals surface area contributed by atoms with Crippen LogP contribution in [0.2, 0.25) is 5.02 Å². The topological polar surface area (TPSA) is 118 Å². The lowest BCUT2D eigenvalue weighted by molar-refractivity contribution is -0.125. The number of rotatable bonds is 9. The number of hydrogen-bond donors (Lipinski definition) is 1. The number of carbonyl (C=O) groups excluding carboxylic acids is 1. The molecule has 1 aliphatic carbocycles. The van der Waals surface area contributed by atoms with E-state index in [0.29, 0.717) is 12.2 Å². The van der Waals surface area contributed by atoms with E-state index in [4.69, 9.17) is 16.3 Å². The molecule has 0 atom stereocenters. The Morgan fingerprint density at radius 1 is 1.07 bits per heavy atom. The van der Waals surface area contributed by atoms with E-state index in [9.17, 15) is 13.2 Å². The van der Waals surface area contributed by atoms with E-state index in [1.165, 1.54) is 18.5 Å². The molecule has 0 bridgehead atoms. The summed E-state index contributed by atoms with van der Waals surface area (Å²) in [6.07, 6.45) is 9.42. The van der Waals surface area contributed by atoms with Crippen molar-refractivity contribution in [2.75, 3.05) is 43.9 Å². The van der Waals surface area contributed by atoms with E-state index in [1.54, 1.807) is 30.4 Å². The summed E-state index contributed by atoms with van der Waals surface area (Å²) in [5.41, 5.74) is 3.85.